The van der Waals surface area contributed by atoms with Crippen LogP contribution in [-0.4, -0.2) is 65.8 Å². The molecule has 1 N–H and O–H groups in total. The minimum absolute atomic E-state index is 0.0151. The van der Waals surface area contributed by atoms with Gasteiger partial charge < -0.3 is 19.3 Å². The number of amides is 1. The third-order valence-electron chi connectivity index (χ3n) is 4.01. The van der Waals surface area contributed by atoms with Crippen LogP contribution in [0.3, 0.4) is 0 Å². The molecule has 140 valence electrons. The van der Waals surface area contributed by atoms with E-state index in [9.17, 15) is 4.79 Å². The van der Waals surface area contributed by atoms with Crippen LogP contribution in [0.1, 0.15) is 10.4 Å². The van der Waals surface area contributed by atoms with Gasteiger partial charge in [0.1, 0.15) is 5.75 Å². The minimum atomic E-state index is -0.0151. The highest BCUT2D eigenvalue weighted by Gasteiger charge is 2.25. The van der Waals surface area contributed by atoms with Crippen LogP contribution >= 0.6 is 11.9 Å². The summed E-state index contributed by atoms with van der Waals surface area (Å²) in [7, 11) is 3.15. The van der Waals surface area contributed by atoms with Gasteiger partial charge in [0.2, 0.25) is 11.8 Å². The van der Waals surface area contributed by atoms with E-state index in [0.717, 1.165) is 0 Å². The zero-order valence-corrected chi connectivity index (χ0v) is 15.4. The summed E-state index contributed by atoms with van der Waals surface area (Å²) >= 11 is 3.64. The summed E-state index contributed by atoms with van der Waals surface area (Å²) in [5.41, 5.74) is 0.589. The molecule has 1 fully saturated rings. The van der Waals surface area contributed by atoms with Crippen molar-refractivity contribution in [2.45, 2.75) is 0 Å². The van der Waals surface area contributed by atoms with Crippen LogP contribution in [0.15, 0.2) is 36.5 Å². The molecule has 3 rings (SSSR count). The van der Waals surface area contributed by atoms with Crippen LogP contribution in [0.4, 0.5) is 5.95 Å². The number of anilines is 1. The van der Waals surface area contributed by atoms with Crippen molar-refractivity contribution >= 4 is 23.7 Å². The van der Waals surface area contributed by atoms with E-state index in [1.165, 1.54) is 0 Å². The summed E-state index contributed by atoms with van der Waals surface area (Å²) in [5, 5.41) is 0. The van der Waals surface area contributed by atoms with Gasteiger partial charge in [-0.15, -0.1) is 0 Å². The molecule has 0 aliphatic carbocycles. The average molecular weight is 381 g/mol. The van der Waals surface area contributed by atoms with E-state index in [-0.39, 0.29) is 5.91 Å². The van der Waals surface area contributed by atoms with Crippen molar-refractivity contribution in [3.63, 3.8) is 0 Å². The first kappa shape index (κ1) is 19.7. The Balaban J connectivity index is 0.00000117. The lowest BCUT2D eigenvalue weighted by Gasteiger charge is -2.34. The number of piperazine rings is 1. The Hall–Kier alpha value is -2.58. The fraction of sp³-hybridized carbons (Fsp3) is 0.353. The molecule has 0 saturated carbocycles. The van der Waals surface area contributed by atoms with E-state index in [1.807, 2.05) is 17.0 Å². The number of benzene rings is 1. The molecule has 1 aliphatic rings. The predicted molar refractivity (Wildman–Crippen MR) is 97.8 cm³/mol. The Bertz CT molecular complexity index is 723. The van der Waals surface area contributed by atoms with E-state index in [4.69, 9.17) is 14.1 Å². The molecule has 9 heteroatoms. The van der Waals surface area contributed by atoms with Crippen LogP contribution in [0.5, 0.6) is 11.6 Å². The number of carbonyl (C=O) groups excluding carboxylic acids is 1. The number of para-hydroxylation sites is 1. The van der Waals surface area contributed by atoms with Crippen molar-refractivity contribution in [3.05, 3.63) is 42.1 Å². The third kappa shape index (κ3) is 4.53. The number of methoxy groups -OCH3 is 2. The minimum Gasteiger partial charge on any atom is -0.496 e. The molecule has 1 aromatic heterocycles. The first-order chi connectivity index (χ1) is 12.7. The van der Waals surface area contributed by atoms with Gasteiger partial charge in [0.05, 0.1) is 31.6 Å². The van der Waals surface area contributed by atoms with Crippen molar-refractivity contribution in [1.82, 2.24) is 14.9 Å². The van der Waals surface area contributed by atoms with Gasteiger partial charge in [-0.25, -0.2) is 4.98 Å². The monoisotopic (exact) mass is 380 g/mol. The average Bonchev–Trinajstić information content (AvgIpc) is 2.74. The van der Waals surface area contributed by atoms with Gasteiger partial charge in [-0.05, 0) is 12.1 Å². The van der Waals surface area contributed by atoms with Crippen molar-refractivity contribution < 1.29 is 18.9 Å². The molecule has 1 aromatic carbocycles. The van der Waals surface area contributed by atoms with Crippen LogP contribution in [0.25, 0.3) is 0 Å². The number of hydrogen-bond acceptors (Lipinski definition) is 7. The highest BCUT2D eigenvalue weighted by atomic mass is 35.5. The molecule has 0 spiro atoms. The maximum absolute atomic E-state index is 12.7. The lowest BCUT2D eigenvalue weighted by Crippen LogP contribution is -2.49. The molecule has 0 atom stereocenters. The van der Waals surface area contributed by atoms with Gasteiger partial charge in [0.15, 0.2) is 0 Å². The second kappa shape index (κ2) is 9.79. The molecular weight excluding hydrogens is 360 g/mol. The first-order valence-corrected chi connectivity index (χ1v) is 8.28. The number of rotatable bonds is 4. The second-order valence-electron chi connectivity index (χ2n) is 5.38. The van der Waals surface area contributed by atoms with Gasteiger partial charge in [0.25, 0.3) is 5.91 Å². The Kier molecular flexibility index (Phi) is 7.43. The summed E-state index contributed by atoms with van der Waals surface area (Å²) in [6, 6.07) is 9.00. The van der Waals surface area contributed by atoms with E-state index >= 15 is 0 Å². The molecule has 1 amide bonds. The van der Waals surface area contributed by atoms with E-state index in [2.05, 4.69) is 26.7 Å². The molecule has 2 aromatic rings. The molecule has 8 nitrogen and oxygen atoms in total. The molecule has 1 aliphatic heterocycles. The predicted octanol–water partition coefficient (Wildman–Crippen LogP) is 1.59. The maximum Gasteiger partial charge on any atom is 0.257 e. The molecule has 26 heavy (non-hydrogen) atoms. The Morgan fingerprint density at radius 3 is 2.42 bits per heavy atom. The molecular formula is C17H21ClN4O4. The Morgan fingerprint density at radius 2 is 1.77 bits per heavy atom. The van der Waals surface area contributed by atoms with Crippen LogP contribution in [-0.2, 0) is 0 Å². The van der Waals surface area contributed by atoms with E-state index < -0.39 is 0 Å². The number of halogens is 1. The van der Waals surface area contributed by atoms with Gasteiger partial charge >= 0.3 is 0 Å². The smallest absolute Gasteiger partial charge is 0.257 e. The Morgan fingerprint density at radius 1 is 1.08 bits per heavy atom. The molecule has 2 heterocycles. The number of nitrogens with zero attached hydrogens (tertiary/aromatic N) is 4. The number of aromatic nitrogens is 2. The third-order valence-corrected chi connectivity index (χ3v) is 4.01. The van der Waals surface area contributed by atoms with E-state index in [0.29, 0.717) is 49.3 Å². The largest absolute Gasteiger partial charge is 0.496 e. The first-order valence-electron chi connectivity index (χ1n) is 7.94. The zero-order chi connectivity index (χ0) is 18.9. The van der Waals surface area contributed by atoms with Crippen LogP contribution in [0, 0.1) is 0 Å². The molecule has 1 saturated heterocycles. The normalized spacial score (nSPS) is 13.5. The zero-order valence-electron chi connectivity index (χ0n) is 14.6. The maximum atomic E-state index is 12.7. The lowest BCUT2D eigenvalue weighted by atomic mass is 10.1. The topological polar surface area (TPSA) is 88.0 Å². The lowest BCUT2D eigenvalue weighted by molar-refractivity contribution is 0.0742. The highest BCUT2D eigenvalue weighted by molar-refractivity contribution is 6.04. The van der Waals surface area contributed by atoms with Gasteiger partial charge in [-0.2, -0.15) is 4.98 Å². The summed E-state index contributed by atoms with van der Waals surface area (Å²) in [4.78, 5) is 25.2. The van der Waals surface area contributed by atoms with Crippen molar-refractivity contribution in [2.75, 3.05) is 45.3 Å². The highest BCUT2D eigenvalue weighted by Crippen LogP contribution is 2.21. The number of hydrogen-bond donors (Lipinski definition) is 1. The SMILES string of the molecule is COc1ccnc(N2CCN(C(=O)c3ccccc3OC)CC2)n1.OCl. The van der Waals surface area contributed by atoms with E-state index in [1.54, 1.807) is 38.6 Å². The van der Waals surface area contributed by atoms with Crippen molar-refractivity contribution in [2.24, 2.45) is 0 Å². The molecule has 0 bridgehead atoms. The summed E-state index contributed by atoms with van der Waals surface area (Å²) < 4.78 is 16.9. The standard InChI is InChI=1S/C17H20N4O3.ClHO/c1-23-14-6-4-3-5-13(14)16(22)20-9-11-21(12-10-20)17-18-8-7-15(19-17)24-2;1-2/h3-8H,9-12H2,1-2H3;2H. The van der Waals surface area contributed by atoms with Gasteiger partial charge in [0, 0.05) is 38.4 Å². The second-order valence-corrected chi connectivity index (χ2v) is 5.38. The number of carbonyl (C=O) groups is 1. The number of ether oxygens (including phenoxy) is 2. The van der Waals surface area contributed by atoms with Crippen molar-refractivity contribution in [3.8, 4) is 11.6 Å². The van der Waals surface area contributed by atoms with Gasteiger partial charge in [-0.1, -0.05) is 12.1 Å². The van der Waals surface area contributed by atoms with Gasteiger partial charge in [-0.3, -0.25) is 9.45 Å². The van der Waals surface area contributed by atoms with Crippen molar-refractivity contribution in [1.29, 1.82) is 0 Å². The molecule has 0 radical (unpaired) electrons. The summed E-state index contributed by atoms with van der Waals surface area (Å²) in [6.07, 6.45) is 1.67. The Labute approximate surface area is 157 Å². The summed E-state index contributed by atoms with van der Waals surface area (Å²) in [6.45, 7) is 2.57. The van der Waals surface area contributed by atoms with Crippen LogP contribution in [0.2, 0.25) is 0 Å². The fourth-order valence-corrected chi connectivity index (χ4v) is 2.70. The fourth-order valence-electron chi connectivity index (χ4n) is 2.70. The molecule has 0 unspecified atom stereocenters. The quantitative estimate of drug-likeness (QED) is 0.861. The summed E-state index contributed by atoms with van der Waals surface area (Å²) in [5.74, 6) is 1.74. The van der Waals surface area contributed by atoms with Crippen LogP contribution < -0.4 is 14.4 Å².